The lowest BCUT2D eigenvalue weighted by molar-refractivity contribution is -0.121. The van der Waals surface area contributed by atoms with Crippen LogP contribution in [0.2, 0.25) is 5.02 Å². The van der Waals surface area contributed by atoms with Crippen LogP contribution in [0.3, 0.4) is 0 Å². The Morgan fingerprint density at radius 3 is 2.79 bits per heavy atom. The molecule has 0 unspecified atom stereocenters. The average molecular weight is 374 g/mol. The first-order chi connectivity index (χ1) is 11.3. The standard InChI is InChI=1S/C16H20ClNO5S/c1-16(3-6-24(20,21)10-16)18-14(19)9-11-7-12(17)15-13(8-11)22-4-2-5-23-15/h7-8H,2-6,9-10H2,1H3,(H,18,19)/t16-/m1/s1. The van der Waals surface area contributed by atoms with E-state index in [-0.39, 0.29) is 23.8 Å². The van der Waals surface area contributed by atoms with Crippen molar-refractivity contribution in [2.45, 2.75) is 31.7 Å². The molecular weight excluding hydrogens is 354 g/mol. The van der Waals surface area contributed by atoms with Gasteiger partial charge in [-0.2, -0.15) is 0 Å². The first-order valence-electron chi connectivity index (χ1n) is 7.86. The van der Waals surface area contributed by atoms with Gasteiger partial charge in [0.2, 0.25) is 5.91 Å². The van der Waals surface area contributed by atoms with Gasteiger partial charge in [0, 0.05) is 6.42 Å². The number of benzene rings is 1. The largest absolute Gasteiger partial charge is 0.489 e. The number of nitrogens with one attached hydrogen (secondary N) is 1. The number of rotatable bonds is 3. The van der Waals surface area contributed by atoms with E-state index in [1.807, 2.05) is 0 Å². The Morgan fingerprint density at radius 1 is 1.33 bits per heavy atom. The number of amides is 1. The van der Waals surface area contributed by atoms with Crippen molar-refractivity contribution in [3.8, 4) is 11.5 Å². The van der Waals surface area contributed by atoms with Crippen molar-refractivity contribution in [2.24, 2.45) is 0 Å². The summed E-state index contributed by atoms with van der Waals surface area (Å²) in [5.74, 6) is 0.901. The molecule has 2 aliphatic heterocycles. The van der Waals surface area contributed by atoms with E-state index in [2.05, 4.69) is 5.32 Å². The molecule has 0 aliphatic carbocycles. The van der Waals surface area contributed by atoms with Gasteiger partial charge in [0.05, 0.1) is 41.7 Å². The highest BCUT2D eigenvalue weighted by atomic mass is 35.5. The molecule has 0 aromatic heterocycles. The number of sulfone groups is 1. The second-order valence-electron chi connectivity index (χ2n) is 6.58. The maximum Gasteiger partial charge on any atom is 0.224 e. The summed E-state index contributed by atoms with van der Waals surface area (Å²) in [6.45, 7) is 2.84. The van der Waals surface area contributed by atoms with Crippen LogP contribution in [0.25, 0.3) is 0 Å². The molecule has 0 bridgehead atoms. The zero-order valence-electron chi connectivity index (χ0n) is 13.4. The van der Waals surface area contributed by atoms with Crippen molar-refractivity contribution in [3.63, 3.8) is 0 Å². The predicted molar refractivity (Wildman–Crippen MR) is 90.6 cm³/mol. The van der Waals surface area contributed by atoms with E-state index in [1.54, 1.807) is 19.1 Å². The zero-order valence-corrected chi connectivity index (χ0v) is 15.0. The Bertz CT molecular complexity index is 764. The van der Waals surface area contributed by atoms with Crippen LogP contribution >= 0.6 is 11.6 Å². The zero-order chi connectivity index (χ0) is 17.4. The lowest BCUT2D eigenvalue weighted by atomic mass is 10.0. The van der Waals surface area contributed by atoms with Crippen LogP contribution in [0.1, 0.15) is 25.3 Å². The lowest BCUT2D eigenvalue weighted by Crippen LogP contribution is -2.47. The molecule has 2 heterocycles. The fourth-order valence-electron chi connectivity index (χ4n) is 3.06. The van der Waals surface area contributed by atoms with Crippen molar-refractivity contribution in [3.05, 3.63) is 22.7 Å². The molecule has 1 N–H and O–H groups in total. The summed E-state index contributed by atoms with van der Waals surface area (Å²) in [5, 5.41) is 3.25. The maximum atomic E-state index is 12.3. The van der Waals surface area contributed by atoms with E-state index in [0.29, 0.717) is 41.7 Å². The highest BCUT2D eigenvalue weighted by Crippen LogP contribution is 2.38. The van der Waals surface area contributed by atoms with Crippen molar-refractivity contribution >= 4 is 27.3 Å². The number of halogens is 1. The van der Waals surface area contributed by atoms with Crippen molar-refractivity contribution in [1.29, 1.82) is 0 Å². The molecule has 6 nitrogen and oxygen atoms in total. The van der Waals surface area contributed by atoms with Crippen LogP contribution in [0.5, 0.6) is 11.5 Å². The van der Waals surface area contributed by atoms with Gasteiger partial charge in [-0.25, -0.2) is 8.42 Å². The summed E-state index contributed by atoms with van der Waals surface area (Å²) in [6, 6.07) is 3.43. The van der Waals surface area contributed by atoms with E-state index in [0.717, 1.165) is 6.42 Å². The van der Waals surface area contributed by atoms with E-state index < -0.39 is 15.4 Å². The Balaban J connectivity index is 1.71. The number of ether oxygens (including phenoxy) is 2. The number of fused-ring (bicyclic) bond motifs is 1. The molecule has 1 fully saturated rings. The molecule has 0 radical (unpaired) electrons. The summed E-state index contributed by atoms with van der Waals surface area (Å²) in [4.78, 5) is 12.3. The molecule has 0 saturated carbocycles. The fourth-order valence-corrected chi connectivity index (χ4v) is 5.44. The fraction of sp³-hybridized carbons (Fsp3) is 0.562. The van der Waals surface area contributed by atoms with Gasteiger partial charge in [-0.15, -0.1) is 0 Å². The molecule has 0 spiro atoms. The Labute approximate surface area is 146 Å². The summed E-state index contributed by atoms with van der Waals surface area (Å²) in [6.07, 6.45) is 1.31. The number of hydrogen-bond acceptors (Lipinski definition) is 5. The third-order valence-electron chi connectivity index (χ3n) is 4.17. The Hall–Kier alpha value is -1.47. The predicted octanol–water partition coefficient (Wildman–Crippen LogP) is 1.74. The molecule has 24 heavy (non-hydrogen) atoms. The highest BCUT2D eigenvalue weighted by molar-refractivity contribution is 7.91. The maximum absolute atomic E-state index is 12.3. The first-order valence-corrected chi connectivity index (χ1v) is 10.1. The molecule has 2 aliphatic rings. The summed E-state index contributed by atoms with van der Waals surface area (Å²) < 4.78 is 34.4. The summed E-state index contributed by atoms with van der Waals surface area (Å²) in [7, 11) is -3.07. The third kappa shape index (κ3) is 3.95. The van der Waals surface area contributed by atoms with Gasteiger partial charge in [-0.3, -0.25) is 4.79 Å². The van der Waals surface area contributed by atoms with Crippen LogP contribution in [-0.4, -0.2) is 44.6 Å². The quantitative estimate of drug-likeness (QED) is 0.872. The minimum Gasteiger partial charge on any atom is -0.489 e. The molecule has 1 atom stereocenters. The SMILES string of the molecule is C[C@@]1(NC(=O)Cc2cc(Cl)c3c(c2)OCCCO3)CCS(=O)(=O)C1. The second-order valence-corrected chi connectivity index (χ2v) is 9.17. The topological polar surface area (TPSA) is 81.7 Å². The Morgan fingerprint density at radius 2 is 2.08 bits per heavy atom. The van der Waals surface area contributed by atoms with E-state index in [9.17, 15) is 13.2 Å². The normalized spacial score (nSPS) is 25.1. The summed E-state index contributed by atoms with van der Waals surface area (Å²) >= 11 is 6.22. The average Bonchev–Trinajstić information content (AvgIpc) is 2.64. The molecule has 1 aromatic carbocycles. The number of carbonyl (C=O) groups is 1. The van der Waals surface area contributed by atoms with Crippen molar-refractivity contribution in [1.82, 2.24) is 5.32 Å². The van der Waals surface area contributed by atoms with E-state index in [4.69, 9.17) is 21.1 Å². The van der Waals surface area contributed by atoms with Crippen LogP contribution < -0.4 is 14.8 Å². The number of hydrogen-bond donors (Lipinski definition) is 1. The van der Waals surface area contributed by atoms with Crippen LogP contribution in [0, 0.1) is 0 Å². The molecule has 132 valence electrons. The van der Waals surface area contributed by atoms with Crippen LogP contribution in [0.15, 0.2) is 12.1 Å². The second kappa shape index (κ2) is 6.44. The van der Waals surface area contributed by atoms with E-state index >= 15 is 0 Å². The molecule has 1 aromatic rings. The van der Waals surface area contributed by atoms with Crippen molar-refractivity contribution in [2.75, 3.05) is 24.7 Å². The monoisotopic (exact) mass is 373 g/mol. The van der Waals surface area contributed by atoms with Gasteiger partial charge in [0.25, 0.3) is 0 Å². The van der Waals surface area contributed by atoms with Gasteiger partial charge in [0.1, 0.15) is 0 Å². The smallest absolute Gasteiger partial charge is 0.224 e. The van der Waals surface area contributed by atoms with Gasteiger partial charge < -0.3 is 14.8 Å². The molecule has 1 saturated heterocycles. The van der Waals surface area contributed by atoms with Gasteiger partial charge in [-0.05, 0) is 31.0 Å². The minimum atomic E-state index is -3.07. The van der Waals surface area contributed by atoms with Crippen LogP contribution in [-0.2, 0) is 21.1 Å². The molecule has 3 rings (SSSR count). The third-order valence-corrected chi connectivity index (χ3v) is 6.36. The lowest BCUT2D eigenvalue weighted by Gasteiger charge is -2.24. The van der Waals surface area contributed by atoms with Gasteiger partial charge in [-0.1, -0.05) is 11.6 Å². The first kappa shape index (κ1) is 17.4. The van der Waals surface area contributed by atoms with Gasteiger partial charge >= 0.3 is 0 Å². The highest BCUT2D eigenvalue weighted by Gasteiger charge is 2.39. The van der Waals surface area contributed by atoms with E-state index in [1.165, 1.54) is 0 Å². The number of carbonyl (C=O) groups excluding carboxylic acids is 1. The minimum absolute atomic E-state index is 0.0202. The van der Waals surface area contributed by atoms with Crippen molar-refractivity contribution < 1.29 is 22.7 Å². The van der Waals surface area contributed by atoms with Gasteiger partial charge in [0.15, 0.2) is 21.3 Å². The Kier molecular flexibility index (Phi) is 4.66. The van der Waals surface area contributed by atoms with Crippen LogP contribution in [0.4, 0.5) is 0 Å². The molecule has 1 amide bonds. The molecule has 8 heteroatoms. The molecular formula is C16H20ClNO5S. The summed E-state index contributed by atoms with van der Waals surface area (Å²) in [5.41, 5.74) is -0.00317.